The number of carbonyl (C=O) groups excluding carboxylic acids is 4. The van der Waals surface area contributed by atoms with Crippen molar-refractivity contribution in [3.05, 3.63) is 68.4 Å². The molecule has 12 heteroatoms. The lowest BCUT2D eigenvalue weighted by molar-refractivity contribution is -0.140. The van der Waals surface area contributed by atoms with Crippen LogP contribution in [0, 0.1) is 0 Å². The van der Waals surface area contributed by atoms with Crippen LogP contribution in [0.3, 0.4) is 0 Å². The molecule has 0 saturated carbocycles. The van der Waals surface area contributed by atoms with Gasteiger partial charge in [0.25, 0.3) is 23.6 Å². The molecule has 0 fully saturated rings. The van der Waals surface area contributed by atoms with Gasteiger partial charge in [-0.05, 0) is 64.5 Å². The summed E-state index contributed by atoms with van der Waals surface area (Å²) in [4.78, 5) is 62.0. The van der Waals surface area contributed by atoms with Gasteiger partial charge in [-0.25, -0.2) is 9.97 Å². The third kappa shape index (κ3) is 6.53. The van der Waals surface area contributed by atoms with Crippen LogP contribution in [0.4, 0.5) is 0 Å². The van der Waals surface area contributed by atoms with E-state index in [1.807, 2.05) is 76.6 Å². The quantitative estimate of drug-likeness (QED) is 0.390. The van der Waals surface area contributed by atoms with E-state index in [4.69, 9.17) is 0 Å². The molecule has 0 aliphatic carbocycles. The van der Waals surface area contributed by atoms with E-state index in [-0.39, 0.29) is 35.7 Å². The highest BCUT2D eigenvalue weighted by Crippen LogP contribution is 2.42. The monoisotopic (exact) mass is 588 g/mol. The SMILES string of the molecule is CC(C)N1C(=O)C(Sc2ccccn2)=C(Sc2ccccn2)C1=O.CSC1=C(SC)C(=O)N(C(C)C)C1=O. The molecular formula is C26H28N4O4S4. The van der Waals surface area contributed by atoms with Crippen LogP contribution in [0.15, 0.2) is 78.5 Å². The maximum Gasteiger partial charge on any atom is 0.269 e. The standard InChI is InChI=1S/C17H15N3O2S2.C9H13NO2S2/c1-11(2)20-16(21)14(23-12-7-3-5-9-18-12)15(17(20)22)24-13-8-4-6-10-19-13;1-5(2)10-8(11)6(13-3)7(14-4)9(10)12/h3-11H,1-2H3;5H,1-4H3. The first-order valence-electron chi connectivity index (χ1n) is 11.6. The molecule has 0 N–H and O–H groups in total. The summed E-state index contributed by atoms with van der Waals surface area (Å²) in [7, 11) is 0. The average Bonchev–Trinajstić information content (AvgIpc) is 3.28. The van der Waals surface area contributed by atoms with Crippen molar-refractivity contribution in [3.8, 4) is 0 Å². The Bertz CT molecular complexity index is 1190. The number of pyridine rings is 2. The van der Waals surface area contributed by atoms with Crippen LogP contribution in [-0.4, -0.2) is 68.0 Å². The van der Waals surface area contributed by atoms with Gasteiger partial charge in [-0.3, -0.25) is 29.0 Å². The minimum atomic E-state index is -0.274. The second-order valence-electron chi connectivity index (χ2n) is 8.41. The van der Waals surface area contributed by atoms with Crippen LogP contribution >= 0.6 is 47.0 Å². The fourth-order valence-electron chi connectivity index (χ4n) is 3.51. The lowest BCUT2D eigenvalue weighted by Gasteiger charge is -2.18. The zero-order chi connectivity index (χ0) is 28.0. The summed E-state index contributed by atoms with van der Waals surface area (Å²) in [6, 6.07) is 10.7. The molecule has 0 spiro atoms. The molecule has 0 atom stereocenters. The first-order chi connectivity index (χ1) is 18.1. The topological polar surface area (TPSA) is 101 Å². The largest absolute Gasteiger partial charge is 0.271 e. The summed E-state index contributed by atoms with van der Waals surface area (Å²) in [5.41, 5.74) is 0. The Labute approximate surface area is 239 Å². The third-order valence-electron chi connectivity index (χ3n) is 5.19. The number of imide groups is 2. The Morgan fingerprint density at radius 2 is 0.921 bits per heavy atom. The second-order valence-corrected chi connectivity index (χ2v) is 12.1. The Hall–Kier alpha value is -2.54. The van der Waals surface area contributed by atoms with Gasteiger partial charge in [0.15, 0.2) is 0 Å². The smallest absolute Gasteiger partial charge is 0.269 e. The van der Waals surface area contributed by atoms with E-state index in [2.05, 4.69) is 9.97 Å². The van der Waals surface area contributed by atoms with Gasteiger partial charge in [0, 0.05) is 24.5 Å². The van der Waals surface area contributed by atoms with E-state index < -0.39 is 0 Å². The van der Waals surface area contributed by atoms with Crippen LogP contribution in [0.5, 0.6) is 0 Å². The highest BCUT2D eigenvalue weighted by Gasteiger charge is 2.41. The van der Waals surface area contributed by atoms with Gasteiger partial charge in [0.2, 0.25) is 0 Å². The normalized spacial score (nSPS) is 15.9. The Balaban J connectivity index is 0.000000244. The third-order valence-corrected chi connectivity index (χ3v) is 9.09. The molecule has 4 amide bonds. The molecule has 2 aromatic heterocycles. The van der Waals surface area contributed by atoms with Crippen LogP contribution < -0.4 is 0 Å². The van der Waals surface area contributed by atoms with Gasteiger partial charge >= 0.3 is 0 Å². The van der Waals surface area contributed by atoms with Crippen molar-refractivity contribution in [2.45, 2.75) is 49.8 Å². The summed E-state index contributed by atoms with van der Waals surface area (Å²) >= 11 is 5.13. The Morgan fingerprint density at radius 3 is 1.18 bits per heavy atom. The van der Waals surface area contributed by atoms with E-state index in [9.17, 15) is 19.2 Å². The maximum absolute atomic E-state index is 12.7. The van der Waals surface area contributed by atoms with E-state index >= 15 is 0 Å². The van der Waals surface area contributed by atoms with E-state index in [1.54, 1.807) is 12.4 Å². The van der Waals surface area contributed by atoms with E-state index in [0.717, 1.165) is 0 Å². The molecule has 8 nitrogen and oxygen atoms in total. The summed E-state index contributed by atoms with van der Waals surface area (Å²) in [5, 5.41) is 1.36. The predicted octanol–water partition coefficient (Wildman–Crippen LogP) is 5.05. The number of aromatic nitrogens is 2. The zero-order valence-electron chi connectivity index (χ0n) is 21.8. The number of carbonyl (C=O) groups is 4. The minimum absolute atomic E-state index is 0.0678. The average molecular weight is 589 g/mol. The van der Waals surface area contributed by atoms with Crippen molar-refractivity contribution in [1.82, 2.24) is 19.8 Å². The van der Waals surface area contributed by atoms with Gasteiger partial charge in [0.05, 0.1) is 19.6 Å². The molecule has 38 heavy (non-hydrogen) atoms. The van der Waals surface area contributed by atoms with Crippen molar-refractivity contribution in [2.75, 3.05) is 12.5 Å². The molecule has 4 heterocycles. The molecule has 0 unspecified atom stereocenters. The van der Waals surface area contributed by atoms with Crippen LogP contribution in [0.1, 0.15) is 27.7 Å². The molecule has 2 aliphatic rings. The lowest BCUT2D eigenvalue weighted by atomic mass is 10.3. The van der Waals surface area contributed by atoms with Crippen LogP contribution in [-0.2, 0) is 19.2 Å². The molecule has 0 bridgehead atoms. The molecule has 0 aromatic carbocycles. The number of hydrogen-bond donors (Lipinski definition) is 0. The molecule has 0 saturated heterocycles. The summed E-state index contributed by atoms with van der Waals surface area (Å²) in [5.74, 6) is -0.850. The molecule has 2 aliphatic heterocycles. The van der Waals surface area contributed by atoms with Crippen molar-refractivity contribution < 1.29 is 19.2 Å². The van der Waals surface area contributed by atoms with Crippen molar-refractivity contribution in [3.63, 3.8) is 0 Å². The number of rotatable bonds is 8. The lowest BCUT2D eigenvalue weighted by Crippen LogP contribution is -2.37. The minimum Gasteiger partial charge on any atom is -0.271 e. The van der Waals surface area contributed by atoms with Gasteiger partial charge in [-0.15, -0.1) is 23.5 Å². The van der Waals surface area contributed by atoms with Crippen LogP contribution in [0.25, 0.3) is 0 Å². The summed E-state index contributed by atoms with van der Waals surface area (Å²) < 4.78 is 0. The fraction of sp³-hybridized carbons (Fsp3) is 0.308. The van der Waals surface area contributed by atoms with Gasteiger partial charge in [0.1, 0.15) is 10.1 Å². The fourth-order valence-corrected chi connectivity index (χ4v) is 7.02. The maximum atomic E-state index is 12.7. The molecule has 2 aromatic rings. The van der Waals surface area contributed by atoms with Gasteiger partial charge in [-0.2, -0.15) is 0 Å². The van der Waals surface area contributed by atoms with E-state index in [0.29, 0.717) is 29.7 Å². The zero-order valence-corrected chi connectivity index (χ0v) is 25.1. The van der Waals surface area contributed by atoms with Crippen molar-refractivity contribution in [2.24, 2.45) is 0 Å². The first kappa shape index (κ1) is 30.0. The first-order valence-corrected chi connectivity index (χ1v) is 15.7. The molecule has 4 rings (SSSR count). The number of hydrogen-bond acceptors (Lipinski definition) is 10. The summed E-state index contributed by atoms with van der Waals surface area (Å²) in [6.07, 6.45) is 6.97. The van der Waals surface area contributed by atoms with Crippen molar-refractivity contribution >= 4 is 70.7 Å². The second kappa shape index (κ2) is 13.5. The summed E-state index contributed by atoms with van der Waals surface area (Å²) in [6.45, 7) is 7.34. The van der Waals surface area contributed by atoms with Crippen molar-refractivity contribution in [1.29, 1.82) is 0 Å². The number of nitrogens with zero attached hydrogens (tertiary/aromatic N) is 4. The highest BCUT2D eigenvalue weighted by molar-refractivity contribution is 8.08. The van der Waals surface area contributed by atoms with Crippen LogP contribution in [0.2, 0.25) is 0 Å². The molecule has 0 radical (unpaired) electrons. The van der Waals surface area contributed by atoms with Gasteiger partial charge in [-0.1, -0.05) is 35.7 Å². The number of thioether (sulfide) groups is 4. The van der Waals surface area contributed by atoms with E-state index in [1.165, 1.54) is 56.8 Å². The molecular weight excluding hydrogens is 561 g/mol. The molecule has 200 valence electrons. The Morgan fingerprint density at radius 1 is 0.579 bits per heavy atom. The predicted molar refractivity (Wildman–Crippen MR) is 155 cm³/mol. The Kier molecular flexibility index (Phi) is 10.7. The number of amides is 4. The highest BCUT2D eigenvalue weighted by atomic mass is 32.2. The van der Waals surface area contributed by atoms with Gasteiger partial charge < -0.3 is 0 Å².